The van der Waals surface area contributed by atoms with Gasteiger partial charge >= 0.3 is 0 Å². The summed E-state index contributed by atoms with van der Waals surface area (Å²) >= 11 is 0. The van der Waals surface area contributed by atoms with Gasteiger partial charge in [-0.3, -0.25) is 0 Å². The van der Waals surface area contributed by atoms with E-state index in [0.717, 1.165) is 0 Å². The lowest BCUT2D eigenvalue weighted by Crippen LogP contribution is -1.71. The van der Waals surface area contributed by atoms with Crippen LogP contribution in [-0.4, -0.2) is 4.98 Å². The summed E-state index contributed by atoms with van der Waals surface area (Å²) in [5, 5.41) is 0. The predicted molar refractivity (Wildman–Crippen MR) is 57.7 cm³/mol. The van der Waals surface area contributed by atoms with Crippen LogP contribution in [0.5, 0.6) is 0 Å². The fraction of sp³-hybridized carbons (Fsp3) is 0.636. The Hall–Kier alpha value is -0.720. The Morgan fingerprint density at radius 3 is 1.42 bits per heavy atom. The summed E-state index contributed by atoms with van der Waals surface area (Å²) in [7, 11) is 0. The predicted octanol–water partition coefficient (Wildman–Crippen LogP) is 3.99. The van der Waals surface area contributed by atoms with Gasteiger partial charge in [0.05, 0.1) is 0 Å². The van der Waals surface area contributed by atoms with Crippen LogP contribution in [0.1, 0.15) is 44.6 Å². The molecule has 1 rings (SSSR count). The number of hydrogen-bond acceptors (Lipinski definition) is 0. The molecule has 0 amide bonds. The third-order valence-electron chi connectivity index (χ3n) is 1.41. The van der Waals surface area contributed by atoms with Crippen molar-refractivity contribution in [2.45, 2.75) is 48.5 Å². The van der Waals surface area contributed by atoms with Gasteiger partial charge in [-0.2, -0.15) is 0 Å². The molecule has 0 aliphatic rings. The summed E-state index contributed by atoms with van der Waals surface area (Å²) in [5.74, 6) is 0. The van der Waals surface area contributed by atoms with Gasteiger partial charge in [-0.25, -0.2) is 0 Å². The van der Waals surface area contributed by atoms with Crippen molar-refractivity contribution >= 4 is 0 Å². The van der Waals surface area contributed by atoms with Gasteiger partial charge in [-0.05, 0) is 32.4 Å². The monoisotopic (exact) mass is 169 g/mol. The Kier molecular flexibility index (Phi) is 9.66. The molecule has 0 saturated heterocycles. The van der Waals surface area contributed by atoms with Crippen LogP contribution < -0.4 is 0 Å². The normalized spacial score (nSPS) is 7.58. The molecular weight excluding hydrogens is 146 g/mol. The highest BCUT2D eigenvalue weighted by atomic mass is 14.7. The van der Waals surface area contributed by atoms with Crippen LogP contribution in [0.15, 0.2) is 6.07 Å². The zero-order valence-electron chi connectivity index (χ0n) is 9.58. The molecule has 1 N–H and O–H groups in total. The lowest BCUT2D eigenvalue weighted by atomic mass is 10.3. The molecule has 1 heterocycles. The van der Waals surface area contributed by atoms with Crippen molar-refractivity contribution < 1.29 is 0 Å². The average Bonchev–Trinajstić information content (AvgIpc) is 2.37. The van der Waals surface area contributed by atoms with Crippen molar-refractivity contribution in [1.82, 2.24) is 4.98 Å². The maximum atomic E-state index is 3.21. The maximum absolute atomic E-state index is 3.21. The van der Waals surface area contributed by atoms with E-state index in [2.05, 4.69) is 31.8 Å². The van der Waals surface area contributed by atoms with Gasteiger partial charge in [-0.1, -0.05) is 27.7 Å². The van der Waals surface area contributed by atoms with Gasteiger partial charge in [0.1, 0.15) is 0 Å². The van der Waals surface area contributed by atoms with Gasteiger partial charge in [-0.15, -0.1) is 0 Å². The molecule has 72 valence electrons. The molecule has 0 aliphatic carbocycles. The fourth-order valence-electron chi connectivity index (χ4n) is 0.863. The van der Waals surface area contributed by atoms with Crippen LogP contribution in [0, 0.1) is 20.8 Å². The number of aromatic nitrogens is 1. The van der Waals surface area contributed by atoms with Crippen LogP contribution in [0.25, 0.3) is 0 Å². The third-order valence-corrected chi connectivity index (χ3v) is 1.41. The summed E-state index contributed by atoms with van der Waals surface area (Å²) < 4.78 is 0. The molecule has 12 heavy (non-hydrogen) atoms. The van der Waals surface area contributed by atoms with E-state index in [1.807, 2.05) is 27.7 Å². The molecule has 0 saturated carbocycles. The molecule has 0 spiro atoms. The second-order valence-electron chi connectivity index (χ2n) is 2.26. The number of hydrogen-bond donors (Lipinski definition) is 1. The van der Waals surface area contributed by atoms with E-state index >= 15 is 0 Å². The average molecular weight is 169 g/mol. The van der Waals surface area contributed by atoms with E-state index in [4.69, 9.17) is 0 Å². The van der Waals surface area contributed by atoms with E-state index in [-0.39, 0.29) is 0 Å². The van der Waals surface area contributed by atoms with Crippen molar-refractivity contribution in [3.8, 4) is 0 Å². The van der Waals surface area contributed by atoms with Crippen LogP contribution >= 0.6 is 0 Å². The van der Waals surface area contributed by atoms with Crippen LogP contribution in [0.3, 0.4) is 0 Å². The van der Waals surface area contributed by atoms with Crippen LogP contribution in [0.2, 0.25) is 0 Å². The summed E-state index contributed by atoms with van der Waals surface area (Å²) in [5.41, 5.74) is 3.88. The lowest BCUT2D eigenvalue weighted by molar-refractivity contribution is 1.17. The van der Waals surface area contributed by atoms with E-state index in [9.17, 15) is 0 Å². The summed E-state index contributed by atoms with van der Waals surface area (Å²) in [6, 6.07) is 2.15. The third kappa shape index (κ3) is 5.00. The lowest BCUT2D eigenvalue weighted by Gasteiger charge is -1.82. The molecule has 1 nitrogen and oxygen atoms in total. The Morgan fingerprint density at radius 2 is 1.33 bits per heavy atom. The Balaban J connectivity index is 0. The van der Waals surface area contributed by atoms with Crippen molar-refractivity contribution in [3.05, 3.63) is 23.0 Å². The van der Waals surface area contributed by atoms with E-state index in [1.54, 1.807) is 0 Å². The summed E-state index contributed by atoms with van der Waals surface area (Å²) in [6.07, 6.45) is 0. The first-order chi connectivity index (χ1) is 5.70. The van der Waals surface area contributed by atoms with Gasteiger partial charge < -0.3 is 4.98 Å². The molecule has 0 fully saturated rings. The zero-order valence-corrected chi connectivity index (χ0v) is 9.58. The highest BCUT2D eigenvalue weighted by Crippen LogP contribution is 2.05. The summed E-state index contributed by atoms with van der Waals surface area (Å²) in [4.78, 5) is 3.21. The molecular formula is C11H23N. The number of aromatic amines is 1. The van der Waals surface area contributed by atoms with Gasteiger partial charge in [0, 0.05) is 11.4 Å². The highest BCUT2D eigenvalue weighted by molar-refractivity contribution is 5.21. The standard InChI is InChI=1S/C7H11N.2C2H6/c1-5-4-6(2)8-7(5)3;2*1-2/h4,8H,1-3H3;2*1-2H3. The molecule has 0 aliphatic heterocycles. The van der Waals surface area contributed by atoms with Crippen LogP contribution in [-0.2, 0) is 0 Å². The number of rotatable bonds is 0. The van der Waals surface area contributed by atoms with E-state index in [1.165, 1.54) is 17.0 Å². The number of aryl methyl sites for hydroxylation is 3. The molecule has 0 atom stereocenters. The molecule has 1 heteroatoms. The minimum absolute atomic E-state index is 1.25. The van der Waals surface area contributed by atoms with Gasteiger partial charge in [0.15, 0.2) is 0 Å². The molecule has 0 aromatic carbocycles. The minimum atomic E-state index is 1.25. The Morgan fingerprint density at radius 1 is 0.917 bits per heavy atom. The largest absolute Gasteiger partial charge is 0.363 e. The molecule has 1 aromatic rings. The first kappa shape index (κ1) is 13.8. The maximum Gasteiger partial charge on any atom is 0.0147 e. The highest BCUT2D eigenvalue weighted by Gasteiger charge is 1.92. The smallest absolute Gasteiger partial charge is 0.0147 e. The number of H-pyrrole nitrogens is 1. The van der Waals surface area contributed by atoms with Crippen molar-refractivity contribution in [1.29, 1.82) is 0 Å². The second-order valence-corrected chi connectivity index (χ2v) is 2.26. The topological polar surface area (TPSA) is 15.8 Å². The molecule has 0 radical (unpaired) electrons. The fourth-order valence-corrected chi connectivity index (χ4v) is 0.863. The van der Waals surface area contributed by atoms with Gasteiger partial charge in [0.2, 0.25) is 0 Å². The SMILES string of the molecule is CC.CC.Cc1cc(C)c(C)[nH]1. The van der Waals surface area contributed by atoms with Crippen LogP contribution in [0.4, 0.5) is 0 Å². The molecule has 0 unspecified atom stereocenters. The molecule has 0 bridgehead atoms. The van der Waals surface area contributed by atoms with E-state index < -0.39 is 0 Å². The number of nitrogens with one attached hydrogen (secondary N) is 1. The Labute approximate surface area is 77.2 Å². The van der Waals surface area contributed by atoms with E-state index in [0.29, 0.717) is 0 Å². The van der Waals surface area contributed by atoms with Crippen molar-refractivity contribution in [2.24, 2.45) is 0 Å². The first-order valence-electron chi connectivity index (χ1n) is 4.83. The quantitative estimate of drug-likeness (QED) is 0.604. The summed E-state index contributed by atoms with van der Waals surface area (Å²) in [6.45, 7) is 14.3. The van der Waals surface area contributed by atoms with Crippen molar-refractivity contribution in [3.63, 3.8) is 0 Å². The Bertz CT molecular complexity index is 167. The second kappa shape index (κ2) is 8.38. The first-order valence-corrected chi connectivity index (χ1v) is 4.83. The van der Waals surface area contributed by atoms with Crippen molar-refractivity contribution in [2.75, 3.05) is 0 Å². The van der Waals surface area contributed by atoms with Gasteiger partial charge in [0.25, 0.3) is 0 Å². The molecule has 1 aromatic heterocycles. The minimum Gasteiger partial charge on any atom is -0.363 e. The zero-order chi connectivity index (χ0) is 10.1.